The molecular weight excluding hydrogens is 216 g/mol. The van der Waals surface area contributed by atoms with Crippen molar-refractivity contribution in [3.05, 3.63) is 18.2 Å². The van der Waals surface area contributed by atoms with Gasteiger partial charge in [-0.05, 0) is 33.0 Å². The van der Waals surface area contributed by atoms with Crippen molar-refractivity contribution < 1.29 is 9.47 Å². The Morgan fingerprint density at radius 3 is 2.41 bits per heavy atom. The molecule has 0 fully saturated rings. The molecule has 0 aromatic heterocycles. The second-order valence-electron chi connectivity index (χ2n) is 4.61. The molecule has 17 heavy (non-hydrogen) atoms. The minimum absolute atomic E-state index is 0.0450. The summed E-state index contributed by atoms with van der Waals surface area (Å²) >= 11 is 0. The first-order chi connectivity index (χ1) is 8.02. The van der Waals surface area contributed by atoms with Crippen LogP contribution in [-0.2, 0) is 0 Å². The van der Waals surface area contributed by atoms with Crippen LogP contribution in [0, 0.1) is 0 Å². The molecule has 0 radical (unpaired) electrons. The lowest BCUT2D eigenvalue weighted by atomic mass is 10.1. The fraction of sp³-hybridized carbons (Fsp3) is 0.538. The lowest BCUT2D eigenvalue weighted by Gasteiger charge is -2.28. The van der Waals surface area contributed by atoms with Gasteiger partial charge in [-0.25, -0.2) is 0 Å². The molecule has 1 aromatic rings. The first-order valence-electron chi connectivity index (χ1n) is 5.67. The van der Waals surface area contributed by atoms with Gasteiger partial charge in [0.1, 0.15) is 11.5 Å². The number of likely N-dealkylation sites (N-methyl/N-ethyl adjacent to an activating group) is 1. The number of hydrogen-bond acceptors (Lipinski definition) is 4. The van der Waals surface area contributed by atoms with Gasteiger partial charge in [0.25, 0.3) is 0 Å². The molecular formula is C13H22N2O2. The lowest BCUT2D eigenvalue weighted by molar-refractivity contribution is 0.394. The maximum absolute atomic E-state index is 5.35. The molecule has 0 saturated heterocycles. The fourth-order valence-corrected chi connectivity index (χ4v) is 1.75. The van der Waals surface area contributed by atoms with E-state index in [2.05, 4.69) is 24.5 Å². The number of anilines is 1. The van der Waals surface area contributed by atoms with Crippen molar-refractivity contribution in [1.82, 2.24) is 5.32 Å². The summed E-state index contributed by atoms with van der Waals surface area (Å²) in [6, 6.07) is 5.76. The van der Waals surface area contributed by atoms with Crippen LogP contribution in [0.5, 0.6) is 11.5 Å². The zero-order valence-electron chi connectivity index (χ0n) is 11.3. The van der Waals surface area contributed by atoms with Crippen LogP contribution < -0.4 is 20.1 Å². The highest BCUT2D eigenvalue weighted by molar-refractivity contribution is 5.60. The van der Waals surface area contributed by atoms with E-state index in [-0.39, 0.29) is 5.54 Å². The molecule has 0 aliphatic rings. The van der Waals surface area contributed by atoms with E-state index in [4.69, 9.17) is 9.47 Å². The molecule has 0 aliphatic heterocycles. The monoisotopic (exact) mass is 238 g/mol. The number of nitrogens with one attached hydrogen (secondary N) is 2. The highest BCUT2D eigenvalue weighted by Gasteiger charge is 2.18. The lowest BCUT2D eigenvalue weighted by Crippen LogP contribution is -2.40. The Bertz CT molecular complexity index is 364. The Labute approximate surface area is 103 Å². The van der Waals surface area contributed by atoms with Gasteiger partial charge >= 0.3 is 0 Å². The Balaban J connectivity index is 2.90. The zero-order valence-corrected chi connectivity index (χ0v) is 11.3. The summed E-state index contributed by atoms with van der Waals surface area (Å²) in [6.45, 7) is 5.13. The summed E-state index contributed by atoms with van der Waals surface area (Å²) in [5, 5.41) is 6.61. The van der Waals surface area contributed by atoms with Crippen molar-refractivity contribution >= 4 is 5.69 Å². The molecule has 0 spiro atoms. The first-order valence-corrected chi connectivity index (χ1v) is 5.67. The van der Waals surface area contributed by atoms with Gasteiger partial charge in [-0.2, -0.15) is 0 Å². The first kappa shape index (κ1) is 13.6. The van der Waals surface area contributed by atoms with Crippen LogP contribution in [0.4, 0.5) is 5.69 Å². The highest BCUT2D eigenvalue weighted by atomic mass is 16.5. The van der Waals surface area contributed by atoms with Gasteiger partial charge in [-0.1, -0.05) is 0 Å². The van der Waals surface area contributed by atoms with Crippen molar-refractivity contribution in [2.24, 2.45) is 0 Å². The Kier molecular flexibility index (Phi) is 4.63. The summed E-state index contributed by atoms with van der Waals surface area (Å²) < 4.78 is 10.5. The molecule has 96 valence electrons. The maximum atomic E-state index is 5.35. The van der Waals surface area contributed by atoms with Crippen LogP contribution in [0.2, 0.25) is 0 Å². The van der Waals surface area contributed by atoms with Crippen molar-refractivity contribution in [1.29, 1.82) is 0 Å². The van der Waals surface area contributed by atoms with E-state index in [0.717, 1.165) is 23.7 Å². The highest BCUT2D eigenvalue weighted by Crippen LogP contribution is 2.30. The number of methoxy groups -OCH3 is 2. The normalized spacial score (nSPS) is 11.1. The van der Waals surface area contributed by atoms with E-state index in [0.29, 0.717) is 0 Å². The quantitative estimate of drug-likeness (QED) is 0.796. The van der Waals surface area contributed by atoms with Crippen LogP contribution >= 0.6 is 0 Å². The fourth-order valence-electron chi connectivity index (χ4n) is 1.75. The van der Waals surface area contributed by atoms with Gasteiger partial charge in [-0.15, -0.1) is 0 Å². The van der Waals surface area contributed by atoms with Crippen LogP contribution in [0.25, 0.3) is 0 Å². The average molecular weight is 238 g/mol. The number of ether oxygens (including phenoxy) is 2. The van der Waals surface area contributed by atoms with E-state index in [1.54, 1.807) is 14.2 Å². The molecule has 2 N–H and O–H groups in total. The molecule has 0 atom stereocenters. The SMILES string of the molecule is CNCC(C)(C)Nc1ccc(OC)cc1OC. The van der Waals surface area contributed by atoms with Gasteiger partial charge in [-0.3, -0.25) is 0 Å². The topological polar surface area (TPSA) is 42.5 Å². The van der Waals surface area contributed by atoms with Crippen molar-refractivity contribution in [2.75, 3.05) is 33.1 Å². The molecule has 4 nitrogen and oxygen atoms in total. The van der Waals surface area contributed by atoms with E-state index < -0.39 is 0 Å². The molecule has 0 unspecified atom stereocenters. The van der Waals surface area contributed by atoms with Crippen LogP contribution in [0.1, 0.15) is 13.8 Å². The smallest absolute Gasteiger partial charge is 0.145 e. The molecule has 1 rings (SSSR count). The Morgan fingerprint density at radius 1 is 1.18 bits per heavy atom. The second-order valence-corrected chi connectivity index (χ2v) is 4.61. The molecule has 0 amide bonds. The summed E-state index contributed by atoms with van der Waals surface area (Å²) in [5.41, 5.74) is 0.921. The summed E-state index contributed by atoms with van der Waals surface area (Å²) in [6.07, 6.45) is 0. The summed E-state index contributed by atoms with van der Waals surface area (Å²) in [5.74, 6) is 1.58. The Hall–Kier alpha value is -1.42. The molecule has 0 saturated carbocycles. The van der Waals surface area contributed by atoms with Gasteiger partial charge in [0, 0.05) is 18.2 Å². The molecule has 0 bridgehead atoms. The van der Waals surface area contributed by atoms with Gasteiger partial charge in [0.15, 0.2) is 0 Å². The van der Waals surface area contributed by atoms with Gasteiger partial charge in [0.05, 0.1) is 19.9 Å². The second kappa shape index (κ2) is 5.77. The summed E-state index contributed by atoms with van der Waals surface area (Å²) in [7, 11) is 5.24. The minimum atomic E-state index is -0.0450. The van der Waals surface area contributed by atoms with Crippen molar-refractivity contribution in [2.45, 2.75) is 19.4 Å². The predicted molar refractivity (Wildman–Crippen MR) is 71.2 cm³/mol. The number of rotatable bonds is 6. The maximum Gasteiger partial charge on any atom is 0.145 e. The molecule has 4 heteroatoms. The van der Waals surface area contributed by atoms with E-state index in [9.17, 15) is 0 Å². The van der Waals surface area contributed by atoms with E-state index >= 15 is 0 Å². The standard InChI is InChI=1S/C13H22N2O2/c1-13(2,9-14-3)15-11-7-6-10(16-4)8-12(11)17-5/h6-8,14-15H,9H2,1-5H3. The zero-order chi connectivity index (χ0) is 12.9. The summed E-state index contributed by atoms with van der Waals surface area (Å²) in [4.78, 5) is 0. The third-order valence-electron chi connectivity index (χ3n) is 2.50. The van der Waals surface area contributed by atoms with Crippen LogP contribution in [0.15, 0.2) is 18.2 Å². The third kappa shape index (κ3) is 3.82. The van der Waals surface area contributed by atoms with Crippen LogP contribution in [-0.4, -0.2) is 33.4 Å². The Morgan fingerprint density at radius 2 is 1.88 bits per heavy atom. The van der Waals surface area contributed by atoms with Gasteiger partial charge in [0.2, 0.25) is 0 Å². The van der Waals surface area contributed by atoms with E-state index in [1.165, 1.54) is 0 Å². The van der Waals surface area contributed by atoms with Crippen LogP contribution in [0.3, 0.4) is 0 Å². The number of hydrogen-bond donors (Lipinski definition) is 2. The molecule has 0 aliphatic carbocycles. The van der Waals surface area contributed by atoms with E-state index in [1.807, 2.05) is 25.2 Å². The largest absolute Gasteiger partial charge is 0.497 e. The predicted octanol–water partition coefficient (Wildman–Crippen LogP) is 2.11. The van der Waals surface area contributed by atoms with Gasteiger partial charge < -0.3 is 20.1 Å². The third-order valence-corrected chi connectivity index (χ3v) is 2.50. The number of benzene rings is 1. The molecule has 0 heterocycles. The minimum Gasteiger partial charge on any atom is -0.497 e. The van der Waals surface area contributed by atoms with Crippen molar-refractivity contribution in [3.63, 3.8) is 0 Å². The average Bonchev–Trinajstić information content (AvgIpc) is 2.29. The van der Waals surface area contributed by atoms with Crippen molar-refractivity contribution in [3.8, 4) is 11.5 Å². The molecule has 1 aromatic carbocycles.